The number of sulfonamides is 1. The van der Waals surface area contributed by atoms with Crippen molar-refractivity contribution in [1.82, 2.24) is 9.21 Å². The van der Waals surface area contributed by atoms with Gasteiger partial charge in [-0.25, -0.2) is 13.2 Å². The molecule has 1 aromatic carbocycles. The number of ether oxygens (including phenoxy) is 2. The van der Waals surface area contributed by atoms with Gasteiger partial charge in [0.2, 0.25) is 10.0 Å². The first-order chi connectivity index (χ1) is 12.5. The van der Waals surface area contributed by atoms with Crippen LogP contribution in [0, 0.1) is 0 Å². The van der Waals surface area contributed by atoms with Gasteiger partial charge in [0.15, 0.2) is 0 Å². The summed E-state index contributed by atoms with van der Waals surface area (Å²) < 4.78 is 38.3. The van der Waals surface area contributed by atoms with E-state index in [9.17, 15) is 13.2 Å². The maximum atomic E-state index is 13.2. The quantitative estimate of drug-likeness (QED) is 0.716. The van der Waals surface area contributed by atoms with Crippen molar-refractivity contribution in [1.29, 1.82) is 0 Å². The van der Waals surface area contributed by atoms with Crippen LogP contribution in [-0.4, -0.2) is 75.6 Å². The molecule has 8 heteroatoms. The van der Waals surface area contributed by atoms with Gasteiger partial charge >= 0.3 is 5.97 Å². The van der Waals surface area contributed by atoms with E-state index >= 15 is 0 Å². The molecular formula is C18H26N2O5S. The Morgan fingerprint density at radius 3 is 2.77 bits per heavy atom. The third kappa shape index (κ3) is 3.64. The average molecular weight is 382 g/mol. The van der Waals surface area contributed by atoms with E-state index in [1.165, 1.54) is 23.5 Å². The zero-order valence-corrected chi connectivity index (χ0v) is 16.1. The number of hydrogen-bond donors (Lipinski definition) is 0. The standard InChI is InChI=1S/C18H26N2O5S/c1-3-6-14-12-25-13-15-11-19(9-10-20(14)15)26(22,23)17-8-5-4-7-16(17)18(21)24-2/h4-5,7-8,14-15H,3,6,9-13H2,1-2H3/t14-,15+/m0/s1. The topological polar surface area (TPSA) is 76.1 Å². The van der Waals surface area contributed by atoms with E-state index in [0.29, 0.717) is 38.9 Å². The van der Waals surface area contributed by atoms with Gasteiger partial charge in [-0.05, 0) is 18.6 Å². The second kappa shape index (κ2) is 8.04. The molecule has 0 aromatic heterocycles. The lowest BCUT2D eigenvalue weighted by atomic mass is 10.0. The molecule has 2 heterocycles. The number of hydrogen-bond acceptors (Lipinski definition) is 6. The lowest BCUT2D eigenvalue weighted by Gasteiger charge is -2.47. The lowest BCUT2D eigenvalue weighted by Crippen LogP contribution is -2.62. The number of carbonyl (C=O) groups is 1. The molecule has 1 aromatic rings. The Morgan fingerprint density at radius 2 is 2.04 bits per heavy atom. The molecule has 0 unspecified atom stereocenters. The van der Waals surface area contributed by atoms with E-state index in [0.717, 1.165) is 12.8 Å². The molecule has 2 fully saturated rings. The Morgan fingerprint density at radius 1 is 1.27 bits per heavy atom. The summed E-state index contributed by atoms with van der Waals surface area (Å²) in [5, 5.41) is 0. The number of carbonyl (C=O) groups excluding carboxylic acids is 1. The number of nitrogens with zero attached hydrogens (tertiary/aromatic N) is 2. The summed E-state index contributed by atoms with van der Waals surface area (Å²) in [6, 6.07) is 6.60. The van der Waals surface area contributed by atoms with Crippen molar-refractivity contribution < 1.29 is 22.7 Å². The molecule has 0 saturated carbocycles. The minimum Gasteiger partial charge on any atom is -0.465 e. The molecule has 2 aliphatic heterocycles. The van der Waals surface area contributed by atoms with Crippen LogP contribution in [0.25, 0.3) is 0 Å². The summed E-state index contributed by atoms with van der Waals surface area (Å²) in [7, 11) is -2.53. The number of benzene rings is 1. The molecule has 0 bridgehead atoms. The lowest BCUT2D eigenvalue weighted by molar-refractivity contribution is -0.0716. The molecule has 3 rings (SSSR count). The molecule has 2 aliphatic rings. The highest BCUT2D eigenvalue weighted by Gasteiger charge is 2.40. The molecule has 0 radical (unpaired) electrons. The molecule has 0 amide bonds. The van der Waals surface area contributed by atoms with Gasteiger partial charge in [-0.1, -0.05) is 25.5 Å². The second-order valence-corrected chi connectivity index (χ2v) is 8.63. The van der Waals surface area contributed by atoms with Crippen molar-refractivity contribution in [3.05, 3.63) is 29.8 Å². The maximum absolute atomic E-state index is 13.2. The van der Waals surface area contributed by atoms with Crippen LogP contribution >= 0.6 is 0 Å². The number of esters is 1. The van der Waals surface area contributed by atoms with Crippen LogP contribution in [0.15, 0.2) is 29.2 Å². The van der Waals surface area contributed by atoms with Gasteiger partial charge in [0.05, 0.1) is 30.8 Å². The smallest absolute Gasteiger partial charge is 0.339 e. The van der Waals surface area contributed by atoms with Gasteiger partial charge < -0.3 is 9.47 Å². The van der Waals surface area contributed by atoms with E-state index < -0.39 is 16.0 Å². The van der Waals surface area contributed by atoms with Crippen LogP contribution in [0.3, 0.4) is 0 Å². The molecule has 2 saturated heterocycles. The number of rotatable bonds is 5. The predicted octanol–water partition coefficient (Wildman–Crippen LogP) is 1.35. The van der Waals surface area contributed by atoms with Gasteiger partial charge in [-0.3, -0.25) is 4.90 Å². The number of piperazine rings is 1. The minimum atomic E-state index is -3.78. The van der Waals surface area contributed by atoms with E-state index in [1.54, 1.807) is 12.1 Å². The molecule has 2 atom stereocenters. The van der Waals surface area contributed by atoms with Crippen molar-refractivity contribution >= 4 is 16.0 Å². The first-order valence-corrected chi connectivity index (χ1v) is 10.4. The van der Waals surface area contributed by atoms with Crippen LogP contribution in [-0.2, 0) is 19.5 Å². The zero-order chi connectivity index (χ0) is 18.7. The summed E-state index contributed by atoms with van der Waals surface area (Å²) >= 11 is 0. The minimum absolute atomic E-state index is 0.00198. The van der Waals surface area contributed by atoms with E-state index in [-0.39, 0.29) is 16.5 Å². The number of fused-ring (bicyclic) bond motifs is 1. The Hall–Kier alpha value is -1.48. The van der Waals surface area contributed by atoms with Crippen molar-refractivity contribution in [3.8, 4) is 0 Å². The average Bonchev–Trinajstić information content (AvgIpc) is 2.67. The summed E-state index contributed by atoms with van der Waals surface area (Å²) in [5.74, 6) is -0.646. The summed E-state index contributed by atoms with van der Waals surface area (Å²) in [6.45, 7) is 4.85. The first-order valence-electron chi connectivity index (χ1n) is 9.00. The van der Waals surface area contributed by atoms with Crippen LogP contribution in [0.4, 0.5) is 0 Å². The highest BCUT2D eigenvalue weighted by molar-refractivity contribution is 7.89. The molecule has 0 spiro atoms. The van der Waals surface area contributed by atoms with Crippen molar-refractivity contribution in [2.45, 2.75) is 36.7 Å². The Labute approximate surface area is 154 Å². The van der Waals surface area contributed by atoms with Crippen LogP contribution in [0.5, 0.6) is 0 Å². The Balaban J connectivity index is 1.83. The Kier molecular flexibility index (Phi) is 5.96. The monoisotopic (exact) mass is 382 g/mol. The van der Waals surface area contributed by atoms with Crippen molar-refractivity contribution in [2.75, 3.05) is 40.0 Å². The fourth-order valence-corrected chi connectivity index (χ4v) is 5.46. The SMILES string of the molecule is CCC[C@H]1COC[C@H]2CN(S(=O)(=O)c3ccccc3C(=O)OC)CCN12. The molecule has 26 heavy (non-hydrogen) atoms. The normalized spacial score (nSPS) is 24.8. The molecule has 144 valence electrons. The van der Waals surface area contributed by atoms with Crippen molar-refractivity contribution in [2.24, 2.45) is 0 Å². The van der Waals surface area contributed by atoms with Gasteiger partial charge in [0.25, 0.3) is 0 Å². The molecule has 0 aliphatic carbocycles. The van der Waals surface area contributed by atoms with Gasteiger partial charge in [-0.2, -0.15) is 4.31 Å². The summed E-state index contributed by atoms with van der Waals surface area (Å²) in [5.41, 5.74) is 0.0705. The number of methoxy groups -OCH3 is 1. The highest BCUT2D eigenvalue weighted by Crippen LogP contribution is 2.27. The highest BCUT2D eigenvalue weighted by atomic mass is 32.2. The van der Waals surface area contributed by atoms with E-state index in [4.69, 9.17) is 9.47 Å². The fourth-order valence-electron chi connectivity index (χ4n) is 3.82. The molecule has 7 nitrogen and oxygen atoms in total. The van der Waals surface area contributed by atoms with E-state index in [2.05, 4.69) is 11.8 Å². The third-order valence-electron chi connectivity index (χ3n) is 5.11. The van der Waals surface area contributed by atoms with Crippen LogP contribution in [0.2, 0.25) is 0 Å². The van der Waals surface area contributed by atoms with E-state index in [1.807, 2.05) is 0 Å². The largest absolute Gasteiger partial charge is 0.465 e. The van der Waals surface area contributed by atoms with Gasteiger partial charge in [0.1, 0.15) is 0 Å². The summed E-state index contributed by atoms with van der Waals surface area (Å²) in [4.78, 5) is 14.4. The fraction of sp³-hybridized carbons (Fsp3) is 0.611. The summed E-state index contributed by atoms with van der Waals surface area (Å²) in [6.07, 6.45) is 2.13. The van der Waals surface area contributed by atoms with Crippen molar-refractivity contribution in [3.63, 3.8) is 0 Å². The molecular weight excluding hydrogens is 356 g/mol. The number of morpholine rings is 1. The molecule has 0 N–H and O–H groups in total. The van der Waals surface area contributed by atoms with Crippen LogP contribution in [0.1, 0.15) is 30.1 Å². The maximum Gasteiger partial charge on any atom is 0.339 e. The second-order valence-electron chi connectivity index (χ2n) is 6.72. The third-order valence-corrected chi connectivity index (χ3v) is 7.04. The van der Waals surface area contributed by atoms with Gasteiger partial charge in [-0.15, -0.1) is 0 Å². The van der Waals surface area contributed by atoms with Crippen LogP contribution < -0.4 is 0 Å². The Bertz CT molecular complexity index is 750. The zero-order valence-electron chi connectivity index (χ0n) is 15.3. The first kappa shape index (κ1) is 19.3. The predicted molar refractivity (Wildman–Crippen MR) is 96.5 cm³/mol. The van der Waals surface area contributed by atoms with Gasteiger partial charge in [0, 0.05) is 31.7 Å².